The Morgan fingerprint density at radius 3 is 2.58 bits per heavy atom. The molecule has 1 aliphatic heterocycles. The fourth-order valence-electron chi connectivity index (χ4n) is 2.28. The van der Waals surface area contributed by atoms with Crippen LogP contribution in [0.5, 0.6) is 17.4 Å². The molecule has 1 aromatic carbocycles. The van der Waals surface area contributed by atoms with Crippen molar-refractivity contribution in [3.05, 3.63) is 42.6 Å². The molecule has 6 nitrogen and oxygen atoms in total. The second kappa shape index (κ2) is 7.92. The Balaban J connectivity index is 1.71. The molecule has 3 rings (SSSR count). The summed E-state index contributed by atoms with van der Waals surface area (Å²) in [4.78, 5) is 18.4. The van der Waals surface area contributed by atoms with E-state index < -0.39 is 0 Å². The van der Waals surface area contributed by atoms with Crippen LogP contribution in [0.15, 0.2) is 42.6 Å². The first-order valence-electron chi connectivity index (χ1n) is 7.67. The Morgan fingerprint density at radius 1 is 1.17 bits per heavy atom. The molecule has 0 saturated carbocycles. The van der Waals surface area contributed by atoms with Gasteiger partial charge in [0.1, 0.15) is 17.2 Å². The smallest absolute Gasteiger partial charge is 0.322 e. The topological polar surface area (TPSA) is 63.7 Å². The number of methoxy groups -OCH3 is 1. The minimum atomic E-state index is -0.122. The van der Waals surface area contributed by atoms with Crippen molar-refractivity contribution in [3.63, 3.8) is 0 Å². The van der Waals surface area contributed by atoms with E-state index >= 15 is 0 Å². The fourth-order valence-corrected chi connectivity index (χ4v) is 3.19. The monoisotopic (exact) mass is 345 g/mol. The van der Waals surface area contributed by atoms with Crippen molar-refractivity contribution in [2.45, 2.75) is 0 Å². The lowest BCUT2D eigenvalue weighted by molar-refractivity contribution is 0.217. The normalized spacial score (nSPS) is 14.1. The summed E-state index contributed by atoms with van der Waals surface area (Å²) in [5.74, 6) is 3.67. The number of hydrogen-bond acceptors (Lipinski definition) is 5. The van der Waals surface area contributed by atoms with Crippen molar-refractivity contribution in [2.75, 3.05) is 37.0 Å². The van der Waals surface area contributed by atoms with E-state index in [1.807, 2.05) is 23.9 Å². The van der Waals surface area contributed by atoms with Gasteiger partial charge in [0.25, 0.3) is 0 Å². The lowest BCUT2D eigenvalue weighted by Gasteiger charge is -2.26. The number of amides is 2. The summed E-state index contributed by atoms with van der Waals surface area (Å²) < 4.78 is 10.9. The van der Waals surface area contributed by atoms with E-state index in [9.17, 15) is 4.79 Å². The number of nitrogens with zero attached hydrogens (tertiary/aromatic N) is 2. The van der Waals surface area contributed by atoms with Gasteiger partial charge in [0, 0.05) is 30.8 Å². The van der Waals surface area contributed by atoms with Crippen molar-refractivity contribution in [1.29, 1.82) is 0 Å². The van der Waals surface area contributed by atoms with Crippen LogP contribution in [0.4, 0.5) is 10.5 Å². The number of urea groups is 1. The lowest BCUT2D eigenvalue weighted by Crippen LogP contribution is -2.40. The zero-order valence-electron chi connectivity index (χ0n) is 13.4. The van der Waals surface area contributed by atoms with Crippen LogP contribution < -0.4 is 14.8 Å². The van der Waals surface area contributed by atoms with Crippen molar-refractivity contribution in [2.24, 2.45) is 0 Å². The van der Waals surface area contributed by atoms with Crippen LogP contribution in [0.25, 0.3) is 0 Å². The van der Waals surface area contributed by atoms with Crippen LogP contribution in [0.1, 0.15) is 0 Å². The van der Waals surface area contributed by atoms with Gasteiger partial charge < -0.3 is 19.7 Å². The number of rotatable bonds is 4. The van der Waals surface area contributed by atoms with Crippen molar-refractivity contribution < 1.29 is 14.3 Å². The average molecular weight is 345 g/mol. The van der Waals surface area contributed by atoms with Crippen LogP contribution in [-0.2, 0) is 0 Å². The van der Waals surface area contributed by atoms with Crippen LogP contribution in [0.2, 0.25) is 0 Å². The summed E-state index contributed by atoms with van der Waals surface area (Å²) in [5.41, 5.74) is 0.552. The van der Waals surface area contributed by atoms with Gasteiger partial charge >= 0.3 is 6.03 Å². The zero-order valence-corrected chi connectivity index (χ0v) is 14.2. The predicted molar refractivity (Wildman–Crippen MR) is 95.2 cm³/mol. The highest BCUT2D eigenvalue weighted by molar-refractivity contribution is 7.99. The molecule has 126 valence electrons. The maximum absolute atomic E-state index is 12.4. The van der Waals surface area contributed by atoms with E-state index in [0.717, 1.165) is 30.3 Å². The standard InChI is InChI=1S/C17H19N3O3S/c1-22-13-4-6-14(7-5-13)23-16-15(3-2-8-18-16)19-17(21)20-9-11-24-12-10-20/h2-8H,9-12H2,1H3,(H,19,21). The van der Waals surface area contributed by atoms with Gasteiger partial charge in [0.15, 0.2) is 0 Å². The van der Waals surface area contributed by atoms with Gasteiger partial charge in [0.05, 0.1) is 7.11 Å². The summed E-state index contributed by atoms with van der Waals surface area (Å²) in [5, 5.41) is 2.89. The average Bonchev–Trinajstić information content (AvgIpc) is 2.64. The Morgan fingerprint density at radius 2 is 1.88 bits per heavy atom. The first-order valence-corrected chi connectivity index (χ1v) is 8.82. The van der Waals surface area contributed by atoms with Gasteiger partial charge in [-0.05, 0) is 36.4 Å². The highest BCUT2D eigenvalue weighted by atomic mass is 32.2. The highest BCUT2D eigenvalue weighted by Crippen LogP contribution is 2.28. The highest BCUT2D eigenvalue weighted by Gasteiger charge is 2.18. The second-order valence-electron chi connectivity index (χ2n) is 5.16. The molecular formula is C17H19N3O3S. The lowest BCUT2D eigenvalue weighted by atomic mass is 10.3. The summed E-state index contributed by atoms with van der Waals surface area (Å²) >= 11 is 1.86. The van der Waals surface area contributed by atoms with Gasteiger partial charge in [-0.25, -0.2) is 9.78 Å². The fraction of sp³-hybridized carbons (Fsp3) is 0.294. The number of carbonyl (C=O) groups excluding carboxylic acids is 1. The molecule has 1 saturated heterocycles. The maximum Gasteiger partial charge on any atom is 0.322 e. The summed E-state index contributed by atoms with van der Waals surface area (Å²) in [7, 11) is 1.61. The first kappa shape index (κ1) is 16.4. The molecule has 2 amide bonds. The molecule has 24 heavy (non-hydrogen) atoms. The van der Waals surface area contributed by atoms with E-state index in [1.54, 1.807) is 42.5 Å². The maximum atomic E-state index is 12.4. The van der Waals surface area contributed by atoms with Crippen LogP contribution in [0.3, 0.4) is 0 Å². The number of pyridine rings is 1. The van der Waals surface area contributed by atoms with E-state index in [1.165, 1.54) is 0 Å². The van der Waals surface area contributed by atoms with E-state index in [-0.39, 0.29) is 6.03 Å². The number of ether oxygens (including phenoxy) is 2. The van der Waals surface area contributed by atoms with E-state index in [2.05, 4.69) is 10.3 Å². The number of benzene rings is 1. The van der Waals surface area contributed by atoms with Gasteiger partial charge in [-0.15, -0.1) is 0 Å². The number of carbonyl (C=O) groups is 1. The van der Waals surface area contributed by atoms with Gasteiger partial charge in [-0.2, -0.15) is 11.8 Å². The van der Waals surface area contributed by atoms with Crippen molar-refractivity contribution in [3.8, 4) is 17.4 Å². The van der Waals surface area contributed by atoms with Crippen molar-refractivity contribution >= 4 is 23.5 Å². The Hall–Kier alpha value is -2.41. The quantitative estimate of drug-likeness (QED) is 0.919. The van der Waals surface area contributed by atoms with Gasteiger partial charge in [-0.3, -0.25) is 0 Å². The Bertz CT molecular complexity index is 688. The molecule has 1 N–H and O–H groups in total. The molecule has 2 aromatic rings. The largest absolute Gasteiger partial charge is 0.497 e. The molecule has 2 heterocycles. The number of aromatic nitrogens is 1. The van der Waals surface area contributed by atoms with Crippen LogP contribution in [0, 0.1) is 0 Å². The van der Waals surface area contributed by atoms with Gasteiger partial charge in [0.2, 0.25) is 5.88 Å². The third kappa shape index (κ3) is 4.11. The number of hydrogen-bond donors (Lipinski definition) is 1. The molecule has 0 spiro atoms. The molecule has 0 atom stereocenters. The molecule has 7 heteroatoms. The SMILES string of the molecule is COc1ccc(Oc2ncccc2NC(=O)N2CCSCC2)cc1. The molecule has 1 aliphatic rings. The first-order chi connectivity index (χ1) is 11.8. The number of thioether (sulfide) groups is 1. The summed E-state index contributed by atoms with van der Waals surface area (Å²) in [6.45, 7) is 1.51. The zero-order chi connectivity index (χ0) is 16.8. The van der Waals surface area contributed by atoms with Gasteiger partial charge in [-0.1, -0.05) is 0 Å². The molecule has 0 aliphatic carbocycles. The molecule has 1 fully saturated rings. The van der Waals surface area contributed by atoms with Crippen LogP contribution in [-0.4, -0.2) is 47.6 Å². The second-order valence-corrected chi connectivity index (χ2v) is 6.39. The molecule has 0 unspecified atom stereocenters. The van der Waals surface area contributed by atoms with E-state index in [4.69, 9.17) is 9.47 Å². The Kier molecular flexibility index (Phi) is 5.43. The third-order valence-corrected chi connectivity index (χ3v) is 4.53. The summed E-state index contributed by atoms with van der Waals surface area (Å²) in [6, 6.07) is 10.6. The minimum absolute atomic E-state index is 0.122. The Labute approximate surface area is 145 Å². The molecule has 1 aromatic heterocycles. The minimum Gasteiger partial charge on any atom is -0.497 e. The molecule has 0 radical (unpaired) electrons. The van der Waals surface area contributed by atoms with E-state index in [0.29, 0.717) is 17.3 Å². The third-order valence-electron chi connectivity index (χ3n) is 3.59. The van der Waals surface area contributed by atoms with Crippen LogP contribution >= 0.6 is 11.8 Å². The number of anilines is 1. The molecule has 0 bridgehead atoms. The number of nitrogens with one attached hydrogen (secondary N) is 1. The molecular weight excluding hydrogens is 326 g/mol. The summed E-state index contributed by atoms with van der Waals surface area (Å²) in [6.07, 6.45) is 1.63. The predicted octanol–water partition coefficient (Wildman–Crippen LogP) is 3.46. The van der Waals surface area contributed by atoms with Crippen molar-refractivity contribution in [1.82, 2.24) is 9.88 Å².